The van der Waals surface area contributed by atoms with E-state index in [-0.39, 0.29) is 41.1 Å². The average Bonchev–Trinajstić information content (AvgIpc) is 3.45. The number of aryl methyl sites for hydroxylation is 1. The van der Waals surface area contributed by atoms with Crippen LogP contribution in [0.15, 0.2) is 46.9 Å². The molecule has 7 nitrogen and oxygen atoms in total. The molecule has 1 atom stereocenters. The van der Waals surface area contributed by atoms with E-state index in [0.29, 0.717) is 35.7 Å². The predicted molar refractivity (Wildman–Crippen MR) is 124 cm³/mol. The number of nitrogens with one attached hydrogen (secondary N) is 1. The second-order valence-electron chi connectivity index (χ2n) is 9.46. The summed E-state index contributed by atoms with van der Waals surface area (Å²) in [6, 6.07) is 11.3. The van der Waals surface area contributed by atoms with Gasteiger partial charge in [0.2, 0.25) is 5.91 Å². The Kier molecular flexibility index (Phi) is 6.18. The van der Waals surface area contributed by atoms with E-state index in [2.05, 4.69) is 10.4 Å². The van der Waals surface area contributed by atoms with Crippen molar-refractivity contribution in [1.29, 1.82) is 0 Å². The summed E-state index contributed by atoms with van der Waals surface area (Å²) in [6.45, 7) is 6.04. The molecule has 1 amide bonds. The van der Waals surface area contributed by atoms with Gasteiger partial charge in [-0.3, -0.25) is 4.79 Å². The highest BCUT2D eigenvalue weighted by Crippen LogP contribution is 2.31. The maximum Gasteiger partial charge on any atom is 0.225 e. The molecule has 0 unspecified atom stereocenters. The number of aromatic nitrogens is 2. The predicted octanol–water partition coefficient (Wildman–Crippen LogP) is 4.51. The highest BCUT2D eigenvalue weighted by Gasteiger charge is 2.32. The second-order valence-corrected chi connectivity index (χ2v) is 11.7. The van der Waals surface area contributed by atoms with Gasteiger partial charge in [-0.2, -0.15) is 5.10 Å². The second kappa shape index (κ2) is 8.78. The third kappa shape index (κ3) is 5.35. The number of amides is 1. The molecule has 0 saturated carbocycles. The van der Waals surface area contributed by atoms with Crippen LogP contribution in [0, 0.1) is 5.82 Å². The lowest BCUT2D eigenvalue weighted by Gasteiger charge is -2.15. The van der Waals surface area contributed by atoms with E-state index in [1.165, 1.54) is 6.07 Å². The third-order valence-electron chi connectivity index (χ3n) is 5.73. The number of benzene rings is 1. The Hall–Kier alpha value is -2.94. The van der Waals surface area contributed by atoms with Crippen molar-refractivity contribution in [2.45, 2.75) is 51.5 Å². The van der Waals surface area contributed by atoms with Gasteiger partial charge in [0.15, 0.2) is 9.84 Å². The fourth-order valence-corrected chi connectivity index (χ4v) is 5.55. The summed E-state index contributed by atoms with van der Waals surface area (Å²) >= 11 is 0. The summed E-state index contributed by atoms with van der Waals surface area (Å²) < 4.78 is 45.3. The minimum absolute atomic E-state index is 0.0202. The first-order valence-corrected chi connectivity index (χ1v) is 12.8. The largest absolute Gasteiger partial charge is 0.461 e. The molecule has 0 aliphatic carbocycles. The van der Waals surface area contributed by atoms with E-state index in [1.54, 1.807) is 35.0 Å². The smallest absolute Gasteiger partial charge is 0.225 e. The van der Waals surface area contributed by atoms with Crippen LogP contribution in [0.3, 0.4) is 0 Å². The quantitative estimate of drug-likeness (QED) is 0.568. The molecule has 1 aromatic carbocycles. The minimum Gasteiger partial charge on any atom is -0.461 e. The van der Waals surface area contributed by atoms with E-state index in [1.807, 2.05) is 26.8 Å². The van der Waals surface area contributed by atoms with E-state index in [4.69, 9.17) is 4.42 Å². The molecule has 4 rings (SSSR count). The number of hydrogen-bond donors (Lipinski definition) is 1. The van der Waals surface area contributed by atoms with Crippen LogP contribution in [0.5, 0.6) is 0 Å². The van der Waals surface area contributed by atoms with Gasteiger partial charge >= 0.3 is 0 Å². The Morgan fingerprint density at radius 1 is 1.24 bits per heavy atom. The zero-order valence-corrected chi connectivity index (χ0v) is 19.8. The highest BCUT2D eigenvalue weighted by molar-refractivity contribution is 7.91. The number of nitrogens with zero attached hydrogens (tertiary/aromatic N) is 2. The van der Waals surface area contributed by atoms with Crippen molar-refractivity contribution in [3.05, 3.63) is 59.7 Å². The van der Waals surface area contributed by atoms with Crippen LogP contribution in [0.2, 0.25) is 0 Å². The van der Waals surface area contributed by atoms with Crippen molar-refractivity contribution in [3.63, 3.8) is 0 Å². The molecule has 1 N–H and O–H groups in total. The molecule has 1 fully saturated rings. The van der Waals surface area contributed by atoms with Crippen LogP contribution in [0.4, 0.5) is 10.2 Å². The summed E-state index contributed by atoms with van der Waals surface area (Å²) in [5.74, 6) is 1.03. The molecule has 2 aromatic heterocycles. The lowest BCUT2D eigenvalue weighted by Crippen LogP contribution is -2.20. The van der Waals surface area contributed by atoms with E-state index < -0.39 is 9.84 Å². The van der Waals surface area contributed by atoms with Crippen molar-refractivity contribution < 1.29 is 22.0 Å². The van der Waals surface area contributed by atoms with Crippen molar-refractivity contribution in [2.24, 2.45) is 0 Å². The van der Waals surface area contributed by atoms with Crippen molar-refractivity contribution >= 4 is 21.6 Å². The number of sulfone groups is 1. The van der Waals surface area contributed by atoms with E-state index in [0.717, 1.165) is 5.69 Å². The van der Waals surface area contributed by atoms with Gasteiger partial charge in [-0.05, 0) is 30.7 Å². The molecule has 3 heterocycles. The Labute approximate surface area is 192 Å². The molecule has 0 radical (unpaired) electrons. The molecule has 0 bridgehead atoms. The highest BCUT2D eigenvalue weighted by atomic mass is 32.2. The van der Waals surface area contributed by atoms with Crippen LogP contribution in [0.1, 0.15) is 51.1 Å². The van der Waals surface area contributed by atoms with Gasteiger partial charge in [0.25, 0.3) is 0 Å². The lowest BCUT2D eigenvalue weighted by atomic mass is 9.92. The van der Waals surface area contributed by atoms with Crippen molar-refractivity contribution in [3.8, 4) is 11.3 Å². The number of anilines is 1. The van der Waals surface area contributed by atoms with Crippen LogP contribution in [-0.4, -0.2) is 35.6 Å². The normalized spacial score (nSPS) is 17.9. The number of carbonyl (C=O) groups excluding carboxylic acids is 1. The van der Waals surface area contributed by atoms with Crippen LogP contribution in [0.25, 0.3) is 11.3 Å². The number of carbonyl (C=O) groups is 1. The summed E-state index contributed by atoms with van der Waals surface area (Å²) in [5.41, 5.74) is 0.903. The Morgan fingerprint density at radius 3 is 2.67 bits per heavy atom. The molecule has 176 valence electrons. The van der Waals surface area contributed by atoms with Gasteiger partial charge < -0.3 is 9.73 Å². The molecular weight excluding hydrogens is 445 g/mol. The lowest BCUT2D eigenvalue weighted by molar-refractivity contribution is -0.116. The van der Waals surface area contributed by atoms with Crippen LogP contribution in [-0.2, 0) is 26.5 Å². The first-order chi connectivity index (χ1) is 15.5. The molecule has 1 aliphatic heterocycles. The molecule has 0 spiro atoms. The zero-order chi connectivity index (χ0) is 23.8. The Bertz CT molecular complexity index is 1270. The summed E-state index contributed by atoms with van der Waals surface area (Å²) in [6.07, 6.45) is 0.975. The maximum absolute atomic E-state index is 14.0. The fourth-order valence-electron chi connectivity index (χ4n) is 3.86. The van der Waals surface area contributed by atoms with Gasteiger partial charge in [-0.15, -0.1) is 0 Å². The summed E-state index contributed by atoms with van der Waals surface area (Å²) in [4.78, 5) is 12.7. The molecule has 3 aromatic rings. The minimum atomic E-state index is -3.10. The van der Waals surface area contributed by atoms with Crippen molar-refractivity contribution in [1.82, 2.24) is 9.78 Å². The maximum atomic E-state index is 14.0. The zero-order valence-electron chi connectivity index (χ0n) is 19.0. The number of rotatable bonds is 6. The monoisotopic (exact) mass is 473 g/mol. The van der Waals surface area contributed by atoms with E-state index >= 15 is 0 Å². The molecule has 1 saturated heterocycles. The third-order valence-corrected chi connectivity index (χ3v) is 7.48. The van der Waals surface area contributed by atoms with Crippen molar-refractivity contribution in [2.75, 3.05) is 16.8 Å². The van der Waals surface area contributed by atoms with Gasteiger partial charge in [0.1, 0.15) is 23.2 Å². The molecule has 1 aliphatic rings. The van der Waals surface area contributed by atoms with Gasteiger partial charge in [0.05, 0.1) is 28.8 Å². The summed E-state index contributed by atoms with van der Waals surface area (Å²) in [5, 5.41) is 7.52. The summed E-state index contributed by atoms with van der Waals surface area (Å²) in [7, 11) is -3.10. The number of hydrogen-bond acceptors (Lipinski definition) is 5. The first-order valence-electron chi connectivity index (χ1n) is 11.0. The molecule has 33 heavy (non-hydrogen) atoms. The van der Waals surface area contributed by atoms with E-state index in [9.17, 15) is 17.6 Å². The standard InChI is InChI=1S/C24H28FN3O4S/c1-24(2,3)21-14-22(28(27-21)16-12-13-33(30,31)15-16)26-23(29)11-9-17-8-10-20(32-17)18-6-4-5-7-19(18)25/h4-8,10,14,16H,9,11-13,15H2,1-3H3,(H,26,29)/t16-/m1/s1. The number of furan rings is 1. The van der Waals surface area contributed by atoms with Crippen LogP contribution >= 0.6 is 0 Å². The van der Waals surface area contributed by atoms with Gasteiger partial charge in [0, 0.05) is 24.3 Å². The van der Waals surface area contributed by atoms with Gasteiger partial charge in [-0.25, -0.2) is 17.5 Å². The average molecular weight is 474 g/mol. The Balaban J connectivity index is 1.45. The molecular formula is C24H28FN3O4S. The topological polar surface area (TPSA) is 94.2 Å². The number of halogens is 1. The SMILES string of the molecule is CC(C)(C)c1cc(NC(=O)CCc2ccc(-c3ccccc3F)o2)n([C@@H]2CCS(=O)(=O)C2)n1. The Morgan fingerprint density at radius 2 is 2.00 bits per heavy atom. The van der Waals surface area contributed by atoms with Crippen LogP contribution < -0.4 is 5.32 Å². The van der Waals surface area contributed by atoms with Gasteiger partial charge in [-0.1, -0.05) is 32.9 Å². The molecule has 9 heteroatoms. The first kappa shape index (κ1) is 23.2. The fraction of sp³-hybridized carbons (Fsp3) is 0.417.